The lowest BCUT2D eigenvalue weighted by Crippen LogP contribution is -2.30. The molecule has 18 heavy (non-hydrogen) atoms. The molecular weight excluding hydrogens is 294 g/mol. The predicted octanol–water partition coefficient (Wildman–Crippen LogP) is 2.79. The van der Waals surface area contributed by atoms with Gasteiger partial charge in [0.2, 0.25) is 5.95 Å². The number of anilines is 2. The second-order valence-electron chi connectivity index (χ2n) is 4.23. The zero-order valence-electron chi connectivity index (χ0n) is 11.3. The summed E-state index contributed by atoms with van der Waals surface area (Å²) in [6, 6.07) is 0. The number of halogens is 1. The number of rotatable bonds is 7. The van der Waals surface area contributed by atoms with Gasteiger partial charge in [0.1, 0.15) is 5.82 Å². The fraction of sp³-hybridized carbons (Fsp3) is 0.667. The molecule has 0 bridgehead atoms. The Morgan fingerprint density at radius 2 is 2.06 bits per heavy atom. The minimum absolute atomic E-state index is 0.441. The standard InChI is InChI=1S/C12H22BrN5/c1-4-9(5-2)8-18(6-3)11-10(13)7-15-12(16-11)17-14/h7,9H,4-6,8,14H2,1-3H3,(H,15,16,17). The molecule has 5 nitrogen and oxygen atoms in total. The van der Waals surface area contributed by atoms with Crippen LogP contribution in [0, 0.1) is 5.92 Å². The van der Waals surface area contributed by atoms with Gasteiger partial charge in [-0.2, -0.15) is 4.98 Å². The van der Waals surface area contributed by atoms with Crippen molar-refractivity contribution >= 4 is 27.7 Å². The van der Waals surface area contributed by atoms with Crippen molar-refractivity contribution in [3.05, 3.63) is 10.7 Å². The first-order valence-electron chi connectivity index (χ1n) is 6.40. The predicted molar refractivity (Wildman–Crippen MR) is 79.5 cm³/mol. The van der Waals surface area contributed by atoms with Gasteiger partial charge < -0.3 is 4.90 Å². The molecule has 0 unspecified atom stereocenters. The van der Waals surface area contributed by atoms with Crippen LogP contribution in [0.15, 0.2) is 10.7 Å². The summed E-state index contributed by atoms with van der Waals surface area (Å²) < 4.78 is 0.898. The van der Waals surface area contributed by atoms with Crippen molar-refractivity contribution in [3.63, 3.8) is 0 Å². The summed E-state index contributed by atoms with van der Waals surface area (Å²) in [6.45, 7) is 8.50. The van der Waals surface area contributed by atoms with E-state index in [1.54, 1.807) is 6.20 Å². The van der Waals surface area contributed by atoms with E-state index in [4.69, 9.17) is 5.84 Å². The maximum Gasteiger partial charge on any atom is 0.239 e. The van der Waals surface area contributed by atoms with Gasteiger partial charge in [-0.05, 0) is 28.8 Å². The fourth-order valence-corrected chi connectivity index (χ4v) is 2.32. The lowest BCUT2D eigenvalue weighted by atomic mass is 10.0. The van der Waals surface area contributed by atoms with Crippen molar-refractivity contribution in [3.8, 4) is 0 Å². The number of nitrogens with zero attached hydrogens (tertiary/aromatic N) is 3. The molecule has 0 radical (unpaired) electrons. The van der Waals surface area contributed by atoms with Gasteiger partial charge in [0.05, 0.1) is 4.47 Å². The van der Waals surface area contributed by atoms with Crippen LogP contribution in [0.2, 0.25) is 0 Å². The van der Waals surface area contributed by atoms with Crippen molar-refractivity contribution in [2.45, 2.75) is 33.6 Å². The molecule has 0 aliphatic rings. The molecule has 0 aliphatic heterocycles. The summed E-state index contributed by atoms with van der Waals surface area (Å²) in [5, 5.41) is 0. The summed E-state index contributed by atoms with van der Waals surface area (Å²) in [6.07, 6.45) is 4.09. The Labute approximate surface area is 117 Å². The van der Waals surface area contributed by atoms with Gasteiger partial charge in [-0.15, -0.1) is 0 Å². The van der Waals surface area contributed by atoms with Crippen LogP contribution < -0.4 is 16.2 Å². The first-order chi connectivity index (χ1) is 8.65. The van der Waals surface area contributed by atoms with Gasteiger partial charge in [0.25, 0.3) is 0 Å². The average Bonchev–Trinajstić information content (AvgIpc) is 2.41. The van der Waals surface area contributed by atoms with Crippen LogP contribution in [0.25, 0.3) is 0 Å². The van der Waals surface area contributed by atoms with Crippen molar-refractivity contribution in [1.82, 2.24) is 9.97 Å². The number of hydrogen-bond acceptors (Lipinski definition) is 5. The Kier molecular flexibility index (Phi) is 6.35. The highest BCUT2D eigenvalue weighted by Gasteiger charge is 2.15. The smallest absolute Gasteiger partial charge is 0.239 e. The van der Waals surface area contributed by atoms with E-state index in [-0.39, 0.29) is 0 Å². The highest BCUT2D eigenvalue weighted by molar-refractivity contribution is 9.10. The Bertz CT molecular complexity index is 367. The normalized spacial score (nSPS) is 10.8. The van der Waals surface area contributed by atoms with E-state index >= 15 is 0 Å². The Morgan fingerprint density at radius 3 is 2.56 bits per heavy atom. The lowest BCUT2D eigenvalue weighted by Gasteiger charge is -2.27. The zero-order chi connectivity index (χ0) is 13.5. The van der Waals surface area contributed by atoms with E-state index in [0.29, 0.717) is 11.9 Å². The first kappa shape index (κ1) is 15.2. The van der Waals surface area contributed by atoms with Gasteiger partial charge in [0.15, 0.2) is 0 Å². The van der Waals surface area contributed by atoms with Gasteiger partial charge in [-0.1, -0.05) is 26.7 Å². The van der Waals surface area contributed by atoms with E-state index in [2.05, 4.69) is 57.0 Å². The molecule has 0 aromatic carbocycles. The summed E-state index contributed by atoms with van der Waals surface area (Å²) in [4.78, 5) is 10.7. The van der Waals surface area contributed by atoms with E-state index < -0.39 is 0 Å². The molecule has 0 fully saturated rings. The molecule has 1 rings (SSSR count). The Hall–Kier alpha value is -0.880. The number of aromatic nitrogens is 2. The molecule has 102 valence electrons. The first-order valence-corrected chi connectivity index (χ1v) is 7.19. The van der Waals surface area contributed by atoms with Crippen molar-refractivity contribution in [2.24, 2.45) is 11.8 Å². The number of nitrogen functional groups attached to an aromatic ring is 1. The van der Waals surface area contributed by atoms with Crippen LogP contribution in [0.5, 0.6) is 0 Å². The second-order valence-corrected chi connectivity index (χ2v) is 5.08. The van der Waals surface area contributed by atoms with Crippen molar-refractivity contribution < 1.29 is 0 Å². The van der Waals surface area contributed by atoms with Gasteiger partial charge in [0, 0.05) is 19.3 Å². The highest BCUT2D eigenvalue weighted by atomic mass is 79.9. The monoisotopic (exact) mass is 315 g/mol. The molecule has 0 atom stereocenters. The number of nitrogens with one attached hydrogen (secondary N) is 1. The van der Waals surface area contributed by atoms with Crippen LogP contribution >= 0.6 is 15.9 Å². The molecule has 0 saturated heterocycles. The fourth-order valence-electron chi connectivity index (χ4n) is 1.87. The molecule has 1 heterocycles. The third-order valence-corrected chi connectivity index (χ3v) is 3.73. The maximum atomic E-state index is 5.36. The minimum Gasteiger partial charge on any atom is -0.356 e. The maximum absolute atomic E-state index is 5.36. The van der Waals surface area contributed by atoms with Crippen molar-refractivity contribution in [2.75, 3.05) is 23.4 Å². The largest absolute Gasteiger partial charge is 0.356 e. The lowest BCUT2D eigenvalue weighted by molar-refractivity contribution is 0.484. The van der Waals surface area contributed by atoms with Crippen LogP contribution in [-0.4, -0.2) is 23.1 Å². The van der Waals surface area contributed by atoms with Crippen molar-refractivity contribution in [1.29, 1.82) is 0 Å². The number of hydrazine groups is 1. The summed E-state index contributed by atoms with van der Waals surface area (Å²) in [5.41, 5.74) is 2.49. The SMILES string of the molecule is CCC(CC)CN(CC)c1nc(NN)ncc1Br. The molecule has 1 aromatic heterocycles. The van der Waals surface area contributed by atoms with E-state index in [0.717, 1.165) is 23.4 Å². The molecular formula is C12H22BrN5. The topological polar surface area (TPSA) is 67.1 Å². The van der Waals surface area contributed by atoms with E-state index in [9.17, 15) is 0 Å². The molecule has 0 spiro atoms. The van der Waals surface area contributed by atoms with Crippen LogP contribution in [-0.2, 0) is 0 Å². The molecule has 3 N–H and O–H groups in total. The molecule has 0 amide bonds. The van der Waals surface area contributed by atoms with E-state index in [1.807, 2.05) is 0 Å². The van der Waals surface area contributed by atoms with Gasteiger partial charge in [-0.3, -0.25) is 5.43 Å². The summed E-state index contributed by atoms with van der Waals surface area (Å²) >= 11 is 3.50. The van der Waals surface area contributed by atoms with Gasteiger partial charge >= 0.3 is 0 Å². The Balaban J connectivity index is 2.93. The molecule has 1 aromatic rings. The van der Waals surface area contributed by atoms with Crippen LogP contribution in [0.3, 0.4) is 0 Å². The van der Waals surface area contributed by atoms with Crippen LogP contribution in [0.4, 0.5) is 11.8 Å². The summed E-state index contributed by atoms with van der Waals surface area (Å²) in [7, 11) is 0. The molecule has 0 saturated carbocycles. The number of nitrogens with two attached hydrogens (primary N) is 1. The number of hydrogen-bond donors (Lipinski definition) is 2. The van der Waals surface area contributed by atoms with Gasteiger partial charge in [-0.25, -0.2) is 10.8 Å². The zero-order valence-corrected chi connectivity index (χ0v) is 12.9. The summed E-state index contributed by atoms with van der Waals surface area (Å²) in [5.74, 6) is 7.37. The average molecular weight is 316 g/mol. The van der Waals surface area contributed by atoms with Crippen LogP contribution in [0.1, 0.15) is 33.6 Å². The Morgan fingerprint density at radius 1 is 1.39 bits per heavy atom. The highest BCUT2D eigenvalue weighted by Crippen LogP contribution is 2.25. The molecule has 6 heteroatoms. The quantitative estimate of drug-likeness (QED) is 0.598. The third kappa shape index (κ3) is 3.81. The molecule has 0 aliphatic carbocycles. The van der Waals surface area contributed by atoms with E-state index in [1.165, 1.54) is 12.8 Å². The minimum atomic E-state index is 0.441. The second kappa shape index (κ2) is 7.53. The third-order valence-electron chi connectivity index (χ3n) is 3.17.